The Morgan fingerprint density at radius 1 is 1.00 bits per heavy atom. The van der Waals surface area contributed by atoms with Crippen LogP contribution >= 0.6 is 0 Å². The average molecular weight is 604 g/mol. The van der Waals surface area contributed by atoms with Gasteiger partial charge in [0.05, 0.1) is 25.2 Å². The summed E-state index contributed by atoms with van der Waals surface area (Å²) in [6, 6.07) is 12.0. The lowest BCUT2D eigenvalue weighted by Crippen LogP contribution is -2.45. The Balaban J connectivity index is 1.51. The van der Waals surface area contributed by atoms with Crippen molar-refractivity contribution in [2.75, 3.05) is 6.54 Å². The number of hydrogen-bond donors (Lipinski definition) is 1. The fourth-order valence-corrected chi connectivity index (χ4v) is 4.29. The highest BCUT2D eigenvalue weighted by molar-refractivity contribution is 6.16. The molecule has 11 heteroatoms. The van der Waals surface area contributed by atoms with Gasteiger partial charge < -0.3 is 14.8 Å². The summed E-state index contributed by atoms with van der Waals surface area (Å²) in [6.07, 6.45) is -0.197. The second-order valence-corrected chi connectivity index (χ2v) is 10.6. The molecule has 0 saturated heterocycles. The molecule has 0 spiro atoms. The van der Waals surface area contributed by atoms with Crippen LogP contribution in [0.4, 0.5) is 5.69 Å². The highest BCUT2D eigenvalue weighted by atomic mass is 16.5. The van der Waals surface area contributed by atoms with E-state index < -0.39 is 54.4 Å². The summed E-state index contributed by atoms with van der Waals surface area (Å²) < 4.78 is 17.9. The second kappa shape index (κ2) is 15.4. The minimum Gasteiger partial charge on any atom is -0.461 e. The van der Waals surface area contributed by atoms with Crippen molar-refractivity contribution < 1.29 is 39.6 Å². The van der Waals surface area contributed by atoms with Crippen LogP contribution in [0, 0.1) is 18.4 Å². The lowest BCUT2D eigenvalue weighted by Gasteiger charge is -2.23. The maximum atomic E-state index is 13.1. The Morgan fingerprint density at radius 2 is 1.64 bits per heavy atom. The van der Waals surface area contributed by atoms with Crippen molar-refractivity contribution in [1.82, 2.24) is 10.2 Å². The van der Waals surface area contributed by atoms with E-state index in [9.17, 15) is 28.8 Å². The third-order valence-corrected chi connectivity index (χ3v) is 6.95. The van der Waals surface area contributed by atoms with Crippen LogP contribution in [-0.4, -0.2) is 52.7 Å². The molecule has 0 saturated carbocycles. The first kappa shape index (κ1) is 31.8. The summed E-state index contributed by atoms with van der Waals surface area (Å²) in [5.41, 5.74) is 1.78. The van der Waals surface area contributed by atoms with Crippen molar-refractivity contribution in [3.63, 3.8) is 0 Å². The number of ether oxygens (including phenoxy) is 2. The Kier molecular flexibility index (Phi) is 11.1. The SMILES string of the molecule is [3H]C(C)C(=O)OCc1ccc(CC(=O)[C@H](C)NC(=O)[C@@H](CC(=O)CN2C(=O)C=C(Oc3ccc([N+]#[C-])cc3)C2=O)C(C)C)cc1. The van der Waals surface area contributed by atoms with Gasteiger partial charge >= 0.3 is 5.97 Å². The largest absolute Gasteiger partial charge is 0.461 e. The molecule has 1 aliphatic heterocycles. The monoisotopic (exact) mass is 603 g/mol. The van der Waals surface area contributed by atoms with Gasteiger partial charge in [0, 0.05) is 26.5 Å². The van der Waals surface area contributed by atoms with Crippen LogP contribution in [0.25, 0.3) is 4.85 Å². The number of carbonyl (C=O) groups excluding carboxylic acids is 6. The number of rotatable bonds is 15. The lowest BCUT2D eigenvalue weighted by molar-refractivity contribution is -0.144. The number of carbonyl (C=O) groups is 6. The van der Waals surface area contributed by atoms with Crippen LogP contribution < -0.4 is 10.1 Å². The molecular weight excluding hydrogens is 566 g/mol. The number of imide groups is 1. The quantitative estimate of drug-likeness (QED) is 0.184. The normalized spacial score (nSPS) is 15.0. The molecule has 1 N–H and O–H groups in total. The van der Waals surface area contributed by atoms with Gasteiger partial charge in [-0.15, -0.1) is 0 Å². The number of hydrogen-bond acceptors (Lipinski definition) is 8. The summed E-state index contributed by atoms with van der Waals surface area (Å²) >= 11 is 0. The lowest BCUT2D eigenvalue weighted by atomic mass is 9.89. The van der Waals surface area contributed by atoms with E-state index in [2.05, 4.69) is 10.2 Å². The first-order valence-corrected chi connectivity index (χ1v) is 14.0. The van der Waals surface area contributed by atoms with Gasteiger partial charge in [0.25, 0.3) is 11.8 Å². The van der Waals surface area contributed by atoms with Gasteiger partial charge in [0.15, 0.2) is 23.0 Å². The third-order valence-electron chi connectivity index (χ3n) is 6.95. The number of Topliss-reactive ketones (excluding diaryl/α,β-unsaturated/α-hetero) is 2. The zero-order chi connectivity index (χ0) is 33.3. The average Bonchev–Trinajstić information content (AvgIpc) is 3.26. The van der Waals surface area contributed by atoms with E-state index in [0.717, 1.165) is 11.0 Å². The topological polar surface area (TPSA) is 141 Å². The smallest absolute Gasteiger partial charge is 0.305 e. The fourth-order valence-electron chi connectivity index (χ4n) is 4.29. The first-order chi connectivity index (χ1) is 21.3. The van der Waals surface area contributed by atoms with E-state index in [1.165, 1.54) is 31.2 Å². The third kappa shape index (κ3) is 9.19. The van der Waals surface area contributed by atoms with Gasteiger partial charge in [-0.05, 0) is 36.1 Å². The van der Waals surface area contributed by atoms with Crippen molar-refractivity contribution in [3.05, 3.63) is 82.9 Å². The summed E-state index contributed by atoms with van der Waals surface area (Å²) in [6.45, 7) is 13.0. The van der Waals surface area contributed by atoms with Gasteiger partial charge in [-0.1, -0.05) is 57.2 Å². The van der Waals surface area contributed by atoms with Crippen LogP contribution in [0.5, 0.6) is 5.75 Å². The maximum Gasteiger partial charge on any atom is 0.305 e. The molecule has 0 aromatic heterocycles. The molecule has 1 unspecified atom stereocenters. The summed E-state index contributed by atoms with van der Waals surface area (Å²) in [7, 11) is 0. The molecular formula is C33H35N3O8. The molecule has 0 radical (unpaired) electrons. The Labute approximate surface area is 257 Å². The van der Waals surface area contributed by atoms with Crippen LogP contribution in [-0.2, 0) is 46.5 Å². The first-order valence-electron chi connectivity index (χ1n) is 14.6. The predicted octanol–water partition coefficient (Wildman–Crippen LogP) is 3.87. The van der Waals surface area contributed by atoms with E-state index >= 15 is 0 Å². The molecule has 1 aliphatic rings. The molecule has 11 nitrogen and oxygen atoms in total. The number of esters is 1. The number of nitrogens with one attached hydrogen (secondary N) is 1. The summed E-state index contributed by atoms with van der Waals surface area (Å²) in [5, 5.41) is 2.68. The highest BCUT2D eigenvalue weighted by Gasteiger charge is 2.36. The van der Waals surface area contributed by atoms with E-state index in [1.807, 2.05) is 0 Å². The molecule has 0 aliphatic carbocycles. The van der Waals surface area contributed by atoms with E-state index in [1.54, 1.807) is 45.0 Å². The molecule has 2 aromatic rings. The van der Waals surface area contributed by atoms with E-state index in [0.29, 0.717) is 16.8 Å². The predicted molar refractivity (Wildman–Crippen MR) is 159 cm³/mol. The molecule has 0 bridgehead atoms. The minimum absolute atomic E-state index is 0.0168. The van der Waals surface area contributed by atoms with Crippen LogP contribution in [0.15, 0.2) is 60.4 Å². The zero-order valence-electron chi connectivity index (χ0n) is 26.0. The number of amides is 3. The van der Waals surface area contributed by atoms with Crippen molar-refractivity contribution in [1.29, 1.82) is 0 Å². The Bertz CT molecular complexity index is 1520. The molecule has 2 aromatic carbocycles. The summed E-state index contributed by atoms with van der Waals surface area (Å²) in [4.78, 5) is 79.6. The van der Waals surface area contributed by atoms with Crippen molar-refractivity contribution in [2.45, 2.75) is 59.6 Å². The zero-order valence-corrected chi connectivity index (χ0v) is 25.0. The van der Waals surface area contributed by atoms with E-state index in [-0.39, 0.29) is 42.7 Å². The molecule has 3 atom stereocenters. The standard InChI is InChI=1S/C33H35N3O8/c1-6-31(40)43-19-23-9-7-22(8-10-23)15-28(38)21(4)35-32(41)27(20(2)3)16-25(37)18-36-30(39)17-29(33(36)42)44-26-13-11-24(34-5)12-14-26/h7-14,17,20-21,27H,6,15-16,18-19H2,1-4H3,(H,35,41)/t21-,27-/m0/s1/i6T/t6?,21-,27-. The molecule has 230 valence electrons. The molecule has 0 fully saturated rings. The van der Waals surface area contributed by atoms with Crippen molar-refractivity contribution in [2.24, 2.45) is 11.8 Å². The Morgan fingerprint density at radius 3 is 2.23 bits per heavy atom. The number of ketones is 2. The molecule has 3 amide bonds. The molecule has 44 heavy (non-hydrogen) atoms. The van der Waals surface area contributed by atoms with Crippen LogP contribution in [0.2, 0.25) is 0 Å². The van der Waals surface area contributed by atoms with Gasteiger partial charge in [-0.2, -0.15) is 0 Å². The van der Waals surface area contributed by atoms with Gasteiger partial charge in [0.1, 0.15) is 12.4 Å². The van der Waals surface area contributed by atoms with Crippen LogP contribution in [0.3, 0.4) is 0 Å². The maximum absolute atomic E-state index is 13.1. The van der Waals surface area contributed by atoms with Crippen molar-refractivity contribution in [3.8, 4) is 5.75 Å². The summed E-state index contributed by atoms with van der Waals surface area (Å²) in [5.74, 6) is -4.50. The van der Waals surface area contributed by atoms with Gasteiger partial charge in [-0.3, -0.25) is 33.7 Å². The van der Waals surface area contributed by atoms with Gasteiger partial charge in [-0.25, -0.2) is 4.85 Å². The minimum atomic E-state index is -0.973. The molecule has 1 heterocycles. The Hall–Kier alpha value is -5.11. The second-order valence-electron chi connectivity index (χ2n) is 10.6. The van der Waals surface area contributed by atoms with Crippen LogP contribution in [0.1, 0.15) is 53.0 Å². The highest BCUT2D eigenvalue weighted by Crippen LogP contribution is 2.23. The van der Waals surface area contributed by atoms with Gasteiger partial charge in [0.2, 0.25) is 5.91 Å². The van der Waals surface area contributed by atoms with E-state index in [4.69, 9.17) is 17.4 Å². The molecule has 3 rings (SSSR count). The fraction of sp³-hybridized carbons (Fsp3) is 0.364. The number of benzene rings is 2. The number of nitrogens with zero attached hydrogens (tertiary/aromatic N) is 2. The van der Waals surface area contributed by atoms with Crippen molar-refractivity contribution >= 4 is 40.9 Å².